The lowest BCUT2D eigenvalue weighted by Crippen LogP contribution is -2.27. The van der Waals surface area contributed by atoms with Crippen LogP contribution in [0.4, 0.5) is 0 Å². The molecular formula is C8H8Br2N2O2. The summed E-state index contributed by atoms with van der Waals surface area (Å²) in [7, 11) is 0. The van der Waals surface area contributed by atoms with Crippen molar-refractivity contribution in [2.45, 2.75) is 19.1 Å². The zero-order chi connectivity index (χ0) is 10.1. The minimum atomic E-state index is -0.202. The average Bonchev–Trinajstić information content (AvgIpc) is 2.67. The summed E-state index contributed by atoms with van der Waals surface area (Å²) < 4.78 is 7.91. The van der Waals surface area contributed by atoms with E-state index in [1.807, 2.05) is 0 Å². The third kappa shape index (κ3) is 1.78. The summed E-state index contributed by atoms with van der Waals surface area (Å²) in [5.74, 6) is 0. The van der Waals surface area contributed by atoms with Crippen LogP contribution in [0.3, 0.4) is 0 Å². The molecule has 0 N–H and O–H groups in total. The summed E-state index contributed by atoms with van der Waals surface area (Å²) in [5, 5.41) is 4.02. The maximum atomic E-state index is 11.7. The maximum Gasteiger partial charge on any atom is 0.284 e. The molecule has 0 spiro atoms. The van der Waals surface area contributed by atoms with Gasteiger partial charge in [0.05, 0.1) is 10.7 Å². The number of nitrogens with zero attached hydrogens (tertiary/aromatic N) is 2. The molecule has 0 aromatic carbocycles. The van der Waals surface area contributed by atoms with Gasteiger partial charge >= 0.3 is 0 Å². The van der Waals surface area contributed by atoms with Crippen LogP contribution in [0.1, 0.15) is 19.1 Å². The van der Waals surface area contributed by atoms with E-state index in [1.165, 1.54) is 4.68 Å². The number of ether oxygens (including phenoxy) is 1. The predicted molar refractivity (Wildman–Crippen MR) is 58.1 cm³/mol. The minimum absolute atomic E-state index is 0.161. The number of aromatic nitrogens is 2. The van der Waals surface area contributed by atoms with E-state index in [2.05, 4.69) is 37.0 Å². The topological polar surface area (TPSA) is 44.1 Å². The first-order chi connectivity index (χ1) is 6.70. The fourth-order valence-electron chi connectivity index (χ4n) is 1.38. The van der Waals surface area contributed by atoms with Crippen LogP contribution in [0, 0.1) is 0 Å². The molecule has 2 rings (SSSR count). The van der Waals surface area contributed by atoms with E-state index >= 15 is 0 Å². The van der Waals surface area contributed by atoms with Crippen molar-refractivity contribution in [3.8, 4) is 0 Å². The van der Waals surface area contributed by atoms with Gasteiger partial charge in [-0.25, -0.2) is 0 Å². The molecule has 0 bridgehead atoms. The Hall–Kier alpha value is -0.200. The van der Waals surface area contributed by atoms with Gasteiger partial charge in [0.25, 0.3) is 5.56 Å². The molecule has 1 aromatic heterocycles. The van der Waals surface area contributed by atoms with Gasteiger partial charge in [0.15, 0.2) is 6.23 Å². The van der Waals surface area contributed by atoms with E-state index in [0.717, 1.165) is 12.8 Å². The van der Waals surface area contributed by atoms with Crippen LogP contribution in [-0.2, 0) is 4.74 Å². The van der Waals surface area contributed by atoms with Gasteiger partial charge in [-0.2, -0.15) is 9.78 Å². The Balaban J connectivity index is 2.44. The Morgan fingerprint density at radius 3 is 3.00 bits per heavy atom. The Labute approximate surface area is 97.5 Å². The van der Waals surface area contributed by atoms with Gasteiger partial charge < -0.3 is 4.74 Å². The number of hydrogen-bond donors (Lipinski definition) is 0. The van der Waals surface area contributed by atoms with Crippen molar-refractivity contribution < 1.29 is 4.74 Å². The molecule has 1 aliphatic heterocycles. The lowest BCUT2D eigenvalue weighted by atomic mass is 10.3. The Bertz CT molecular complexity index is 399. The lowest BCUT2D eigenvalue weighted by Gasteiger charge is -2.11. The molecule has 1 aliphatic rings. The highest BCUT2D eigenvalue weighted by Gasteiger charge is 2.20. The molecule has 0 radical (unpaired) electrons. The summed E-state index contributed by atoms with van der Waals surface area (Å²) in [6, 6.07) is 0. The van der Waals surface area contributed by atoms with Gasteiger partial charge in [0.1, 0.15) is 4.47 Å². The van der Waals surface area contributed by atoms with Crippen molar-refractivity contribution >= 4 is 31.9 Å². The SMILES string of the molecule is O=c1c(Br)c(Br)cnn1C1CCCO1. The fraction of sp³-hybridized carbons (Fsp3) is 0.500. The zero-order valence-corrected chi connectivity index (χ0v) is 10.4. The lowest BCUT2D eigenvalue weighted by molar-refractivity contribution is 0.0424. The van der Waals surface area contributed by atoms with E-state index < -0.39 is 0 Å². The molecule has 0 amide bonds. The van der Waals surface area contributed by atoms with E-state index in [-0.39, 0.29) is 11.8 Å². The smallest absolute Gasteiger partial charge is 0.284 e. The van der Waals surface area contributed by atoms with E-state index in [9.17, 15) is 4.79 Å². The molecule has 76 valence electrons. The summed E-state index contributed by atoms with van der Waals surface area (Å²) in [5.41, 5.74) is -0.161. The minimum Gasteiger partial charge on any atom is -0.356 e. The molecule has 2 heterocycles. The van der Waals surface area contributed by atoms with Crippen molar-refractivity contribution in [2.24, 2.45) is 0 Å². The van der Waals surface area contributed by atoms with Crippen LogP contribution in [0.5, 0.6) is 0 Å². The van der Waals surface area contributed by atoms with Gasteiger partial charge in [-0.1, -0.05) is 0 Å². The van der Waals surface area contributed by atoms with Crippen molar-refractivity contribution in [3.05, 3.63) is 25.5 Å². The van der Waals surface area contributed by atoms with Gasteiger partial charge in [-0.3, -0.25) is 4.79 Å². The third-order valence-electron chi connectivity index (χ3n) is 2.08. The second-order valence-corrected chi connectivity index (χ2v) is 4.67. The second kappa shape index (κ2) is 4.12. The van der Waals surface area contributed by atoms with Crippen molar-refractivity contribution in [1.82, 2.24) is 9.78 Å². The average molecular weight is 324 g/mol. The molecule has 1 fully saturated rings. The van der Waals surface area contributed by atoms with Crippen molar-refractivity contribution in [3.63, 3.8) is 0 Å². The van der Waals surface area contributed by atoms with Crippen LogP contribution in [0.25, 0.3) is 0 Å². The first-order valence-corrected chi connectivity index (χ1v) is 5.83. The van der Waals surface area contributed by atoms with Crippen LogP contribution in [-0.4, -0.2) is 16.4 Å². The standard InChI is InChI=1S/C8H8Br2N2O2/c9-5-4-11-12(8(13)7(5)10)6-2-1-3-14-6/h4,6H,1-3H2. The molecule has 4 nitrogen and oxygen atoms in total. The highest BCUT2D eigenvalue weighted by Crippen LogP contribution is 2.22. The van der Waals surface area contributed by atoms with Crippen LogP contribution < -0.4 is 5.56 Å². The quantitative estimate of drug-likeness (QED) is 0.794. The molecule has 0 aliphatic carbocycles. The number of rotatable bonds is 1. The predicted octanol–water partition coefficient (Wildman–Crippen LogP) is 2.08. The summed E-state index contributed by atoms with van der Waals surface area (Å²) in [4.78, 5) is 11.7. The normalized spacial score (nSPS) is 21.4. The summed E-state index contributed by atoms with van der Waals surface area (Å²) in [6.45, 7) is 0.701. The molecule has 6 heteroatoms. The maximum absolute atomic E-state index is 11.7. The highest BCUT2D eigenvalue weighted by atomic mass is 79.9. The van der Waals surface area contributed by atoms with Gasteiger partial charge in [-0.05, 0) is 44.7 Å². The molecular weight excluding hydrogens is 316 g/mol. The molecule has 1 aromatic rings. The third-order valence-corrected chi connectivity index (χ3v) is 3.98. The number of halogens is 2. The van der Waals surface area contributed by atoms with Crippen LogP contribution in [0.2, 0.25) is 0 Å². The number of hydrogen-bond acceptors (Lipinski definition) is 3. The Kier molecular flexibility index (Phi) is 3.04. The van der Waals surface area contributed by atoms with E-state index in [0.29, 0.717) is 15.6 Å². The van der Waals surface area contributed by atoms with E-state index in [4.69, 9.17) is 4.74 Å². The first kappa shape index (κ1) is 10.3. The molecule has 0 saturated carbocycles. The Morgan fingerprint density at radius 1 is 1.57 bits per heavy atom. The van der Waals surface area contributed by atoms with Crippen LogP contribution in [0.15, 0.2) is 19.9 Å². The largest absolute Gasteiger partial charge is 0.356 e. The van der Waals surface area contributed by atoms with Gasteiger partial charge in [0.2, 0.25) is 0 Å². The molecule has 1 unspecified atom stereocenters. The van der Waals surface area contributed by atoms with Crippen molar-refractivity contribution in [2.75, 3.05) is 6.61 Å². The first-order valence-electron chi connectivity index (χ1n) is 4.24. The fourth-order valence-corrected chi connectivity index (χ4v) is 1.93. The van der Waals surface area contributed by atoms with Crippen LogP contribution >= 0.6 is 31.9 Å². The molecule has 1 saturated heterocycles. The van der Waals surface area contributed by atoms with Crippen molar-refractivity contribution in [1.29, 1.82) is 0 Å². The molecule has 1 atom stereocenters. The summed E-state index contributed by atoms with van der Waals surface area (Å²) in [6.07, 6.45) is 3.22. The highest BCUT2D eigenvalue weighted by molar-refractivity contribution is 9.13. The second-order valence-electron chi connectivity index (χ2n) is 3.02. The van der Waals surface area contributed by atoms with Gasteiger partial charge in [-0.15, -0.1) is 0 Å². The Morgan fingerprint density at radius 2 is 2.36 bits per heavy atom. The molecule has 14 heavy (non-hydrogen) atoms. The summed E-state index contributed by atoms with van der Waals surface area (Å²) >= 11 is 6.43. The monoisotopic (exact) mass is 322 g/mol. The van der Waals surface area contributed by atoms with E-state index in [1.54, 1.807) is 6.20 Å². The van der Waals surface area contributed by atoms with Gasteiger partial charge in [0, 0.05) is 6.61 Å². The zero-order valence-electron chi connectivity index (χ0n) is 7.24.